The third kappa shape index (κ3) is 1.50. The van der Waals surface area contributed by atoms with Crippen LogP contribution in [0, 0.1) is 11.8 Å². The summed E-state index contributed by atoms with van der Waals surface area (Å²) in [5, 5.41) is 0. The molecule has 0 aromatic rings. The van der Waals surface area contributed by atoms with E-state index < -0.39 is 0 Å². The largest absolute Gasteiger partial charge is 0.306 e. The quantitative estimate of drug-likeness (QED) is 0.603. The lowest BCUT2D eigenvalue weighted by Gasteiger charge is -2.34. The average molecular weight is 182 g/mol. The minimum atomic E-state index is 0.379. The van der Waals surface area contributed by atoms with Gasteiger partial charge in [0.05, 0.1) is 0 Å². The fourth-order valence-electron chi connectivity index (χ4n) is 2.81. The normalized spacial score (nSPS) is 39.7. The highest BCUT2D eigenvalue weighted by Gasteiger charge is 2.57. The van der Waals surface area contributed by atoms with Crippen molar-refractivity contribution in [2.24, 2.45) is 11.8 Å². The SMILES string of the molecule is CN(C)[C@H]1[C@@H]2CN(C(C)(C)C)C[C@@H]21. The van der Waals surface area contributed by atoms with Crippen molar-refractivity contribution in [1.29, 1.82) is 0 Å². The van der Waals surface area contributed by atoms with Crippen LogP contribution in [0.3, 0.4) is 0 Å². The summed E-state index contributed by atoms with van der Waals surface area (Å²) in [6, 6.07) is 0.888. The highest BCUT2D eigenvalue weighted by molar-refractivity contribution is 5.11. The molecule has 13 heavy (non-hydrogen) atoms. The van der Waals surface area contributed by atoms with E-state index in [2.05, 4.69) is 44.7 Å². The van der Waals surface area contributed by atoms with Gasteiger partial charge in [0.25, 0.3) is 0 Å². The van der Waals surface area contributed by atoms with Gasteiger partial charge >= 0.3 is 0 Å². The molecule has 1 saturated carbocycles. The van der Waals surface area contributed by atoms with E-state index in [9.17, 15) is 0 Å². The minimum absolute atomic E-state index is 0.379. The number of hydrogen-bond donors (Lipinski definition) is 0. The molecule has 0 bridgehead atoms. The van der Waals surface area contributed by atoms with Gasteiger partial charge in [-0.25, -0.2) is 0 Å². The Labute approximate surface area is 81.9 Å². The maximum atomic E-state index is 2.63. The molecule has 2 aliphatic rings. The third-order valence-corrected chi connectivity index (χ3v) is 3.69. The van der Waals surface area contributed by atoms with Crippen LogP contribution in [0.2, 0.25) is 0 Å². The van der Waals surface area contributed by atoms with Crippen LogP contribution in [0.25, 0.3) is 0 Å². The maximum absolute atomic E-state index is 2.63. The van der Waals surface area contributed by atoms with Crippen molar-refractivity contribution in [2.45, 2.75) is 32.4 Å². The Morgan fingerprint density at radius 3 is 1.85 bits per heavy atom. The van der Waals surface area contributed by atoms with Crippen LogP contribution in [0.5, 0.6) is 0 Å². The molecule has 2 heteroatoms. The summed E-state index contributed by atoms with van der Waals surface area (Å²) in [5.74, 6) is 1.93. The molecular weight excluding hydrogens is 160 g/mol. The number of piperidine rings is 1. The molecule has 0 spiro atoms. The van der Waals surface area contributed by atoms with Crippen LogP contribution in [-0.4, -0.2) is 48.6 Å². The van der Waals surface area contributed by atoms with Crippen LogP contribution in [0.1, 0.15) is 20.8 Å². The molecular formula is C11H22N2. The van der Waals surface area contributed by atoms with E-state index in [0.29, 0.717) is 5.54 Å². The fraction of sp³-hybridized carbons (Fsp3) is 1.00. The van der Waals surface area contributed by atoms with Crippen molar-refractivity contribution >= 4 is 0 Å². The van der Waals surface area contributed by atoms with Crippen LogP contribution in [0.15, 0.2) is 0 Å². The molecule has 2 nitrogen and oxygen atoms in total. The van der Waals surface area contributed by atoms with E-state index in [1.165, 1.54) is 13.1 Å². The van der Waals surface area contributed by atoms with Crippen molar-refractivity contribution in [3.63, 3.8) is 0 Å². The monoisotopic (exact) mass is 182 g/mol. The highest BCUT2D eigenvalue weighted by atomic mass is 15.3. The molecule has 0 aromatic heterocycles. The second-order valence-corrected chi connectivity index (χ2v) is 5.86. The molecule has 0 radical (unpaired) electrons. The number of likely N-dealkylation sites (tertiary alicyclic amines) is 1. The summed E-state index contributed by atoms with van der Waals surface area (Å²) in [7, 11) is 4.43. The zero-order valence-electron chi connectivity index (χ0n) is 9.54. The molecule has 1 aliphatic heterocycles. The van der Waals surface area contributed by atoms with Gasteiger partial charge in [0.2, 0.25) is 0 Å². The first-order valence-electron chi connectivity index (χ1n) is 5.33. The Bertz CT molecular complexity index is 193. The van der Waals surface area contributed by atoms with Gasteiger partial charge in [-0.1, -0.05) is 0 Å². The highest BCUT2D eigenvalue weighted by Crippen LogP contribution is 2.49. The lowest BCUT2D eigenvalue weighted by atomic mass is 10.1. The molecule has 0 unspecified atom stereocenters. The van der Waals surface area contributed by atoms with Crippen LogP contribution >= 0.6 is 0 Å². The molecule has 3 atom stereocenters. The minimum Gasteiger partial charge on any atom is -0.306 e. The Balaban J connectivity index is 1.90. The summed E-state index contributed by atoms with van der Waals surface area (Å²) >= 11 is 0. The lowest BCUT2D eigenvalue weighted by Crippen LogP contribution is -2.43. The Kier molecular flexibility index (Phi) is 1.97. The molecule has 0 aromatic carbocycles. The van der Waals surface area contributed by atoms with Gasteiger partial charge in [-0.2, -0.15) is 0 Å². The number of fused-ring (bicyclic) bond motifs is 1. The summed E-state index contributed by atoms with van der Waals surface area (Å²) < 4.78 is 0. The molecule has 1 saturated heterocycles. The zero-order chi connectivity index (χ0) is 9.80. The molecule has 1 aliphatic carbocycles. The van der Waals surface area contributed by atoms with Crippen LogP contribution < -0.4 is 0 Å². The molecule has 76 valence electrons. The number of rotatable bonds is 1. The summed E-state index contributed by atoms with van der Waals surface area (Å²) in [6.45, 7) is 9.60. The van der Waals surface area contributed by atoms with Crippen LogP contribution in [-0.2, 0) is 0 Å². The summed E-state index contributed by atoms with van der Waals surface area (Å²) in [5.41, 5.74) is 0.379. The summed E-state index contributed by atoms with van der Waals surface area (Å²) in [4.78, 5) is 5.03. The first-order chi connectivity index (χ1) is 5.91. The van der Waals surface area contributed by atoms with Gasteiger partial charge in [0.15, 0.2) is 0 Å². The van der Waals surface area contributed by atoms with Crippen molar-refractivity contribution in [2.75, 3.05) is 27.2 Å². The standard InChI is InChI=1S/C11H22N2/c1-11(2,3)13-6-8-9(7-13)10(8)12(4)5/h8-10H,6-7H2,1-5H3/t8-,9+,10+. The Morgan fingerprint density at radius 1 is 1.08 bits per heavy atom. The molecule has 0 amide bonds. The van der Waals surface area contributed by atoms with E-state index in [0.717, 1.165) is 17.9 Å². The predicted molar refractivity (Wildman–Crippen MR) is 55.8 cm³/mol. The maximum Gasteiger partial charge on any atom is 0.0177 e. The summed E-state index contributed by atoms with van der Waals surface area (Å²) in [6.07, 6.45) is 0. The molecule has 2 rings (SSSR count). The van der Waals surface area contributed by atoms with Crippen molar-refractivity contribution in [3.8, 4) is 0 Å². The van der Waals surface area contributed by atoms with Gasteiger partial charge in [-0.15, -0.1) is 0 Å². The Hall–Kier alpha value is -0.0800. The van der Waals surface area contributed by atoms with E-state index in [1.54, 1.807) is 0 Å². The van der Waals surface area contributed by atoms with E-state index in [4.69, 9.17) is 0 Å². The molecule has 0 N–H and O–H groups in total. The van der Waals surface area contributed by atoms with Gasteiger partial charge in [-0.3, -0.25) is 4.90 Å². The predicted octanol–water partition coefficient (Wildman–Crippen LogP) is 1.28. The van der Waals surface area contributed by atoms with Gasteiger partial charge < -0.3 is 4.90 Å². The number of hydrogen-bond acceptors (Lipinski definition) is 2. The second-order valence-electron chi connectivity index (χ2n) is 5.86. The first kappa shape index (κ1) is 9.47. The second kappa shape index (κ2) is 2.71. The van der Waals surface area contributed by atoms with Crippen LogP contribution in [0.4, 0.5) is 0 Å². The van der Waals surface area contributed by atoms with Crippen molar-refractivity contribution in [3.05, 3.63) is 0 Å². The Morgan fingerprint density at radius 2 is 1.54 bits per heavy atom. The van der Waals surface area contributed by atoms with Crippen molar-refractivity contribution in [1.82, 2.24) is 9.80 Å². The third-order valence-electron chi connectivity index (χ3n) is 3.69. The number of nitrogens with zero attached hydrogens (tertiary/aromatic N) is 2. The van der Waals surface area contributed by atoms with E-state index in [1.807, 2.05) is 0 Å². The molecule has 1 heterocycles. The smallest absolute Gasteiger partial charge is 0.0177 e. The van der Waals surface area contributed by atoms with E-state index in [-0.39, 0.29) is 0 Å². The zero-order valence-corrected chi connectivity index (χ0v) is 9.54. The average Bonchev–Trinajstić information content (AvgIpc) is 2.46. The fourth-order valence-corrected chi connectivity index (χ4v) is 2.81. The van der Waals surface area contributed by atoms with Gasteiger partial charge in [0, 0.05) is 24.7 Å². The molecule has 2 fully saturated rings. The van der Waals surface area contributed by atoms with Gasteiger partial charge in [-0.05, 0) is 46.7 Å². The first-order valence-corrected chi connectivity index (χ1v) is 5.33. The van der Waals surface area contributed by atoms with Crippen molar-refractivity contribution < 1.29 is 0 Å². The van der Waals surface area contributed by atoms with Gasteiger partial charge in [0.1, 0.15) is 0 Å². The topological polar surface area (TPSA) is 6.48 Å². The lowest BCUT2D eigenvalue weighted by molar-refractivity contribution is 0.139. The van der Waals surface area contributed by atoms with E-state index >= 15 is 0 Å².